The van der Waals surface area contributed by atoms with Gasteiger partial charge in [0.2, 0.25) is 0 Å². The van der Waals surface area contributed by atoms with Crippen molar-refractivity contribution in [1.82, 2.24) is 20.7 Å². The molecule has 2 heterocycles. The maximum absolute atomic E-state index is 5.46. The molecule has 0 aliphatic carbocycles. The third-order valence-corrected chi connectivity index (χ3v) is 4.95. The summed E-state index contributed by atoms with van der Waals surface area (Å²) in [5.74, 6) is 2.16. The van der Waals surface area contributed by atoms with E-state index in [0.29, 0.717) is 18.5 Å². The first-order valence-electron chi connectivity index (χ1n) is 9.46. The smallest absolute Gasteiger partial charge is 0.191 e. The SMILES string of the molecule is C=CCN1CCC(NC(=NC)NCc2cc(C(CC)CC)no2)CC1. The van der Waals surface area contributed by atoms with Crippen molar-refractivity contribution in [3.8, 4) is 0 Å². The van der Waals surface area contributed by atoms with Crippen molar-refractivity contribution in [3.05, 3.63) is 30.2 Å². The Balaban J connectivity index is 1.78. The molecule has 140 valence electrons. The predicted molar refractivity (Wildman–Crippen MR) is 103 cm³/mol. The Morgan fingerprint density at radius 1 is 1.44 bits per heavy atom. The van der Waals surface area contributed by atoms with Gasteiger partial charge in [0, 0.05) is 44.7 Å². The van der Waals surface area contributed by atoms with E-state index in [-0.39, 0.29) is 0 Å². The first-order chi connectivity index (χ1) is 12.2. The summed E-state index contributed by atoms with van der Waals surface area (Å²) in [6, 6.07) is 2.52. The highest BCUT2D eigenvalue weighted by Crippen LogP contribution is 2.22. The van der Waals surface area contributed by atoms with Crippen LogP contribution in [0.5, 0.6) is 0 Å². The van der Waals surface area contributed by atoms with E-state index >= 15 is 0 Å². The molecular formula is C19H33N5O. The fourth-order valence-corrected chi connectivity index (χ4v) is 3.31. The van der Waals surface area contributed by atoms with Gasteiger partial charge in [-0.25, -0.2) is 0 Å². The fraction of sp³-hybridized carbons (Fsp3) is 0.684. The Hall–Kier alpha value is -1.82. The molecule has 0 saturated carbocycles. The van der Waals surface area contributed by atoms with Crippen LogP contribution in [0.3, 0.4) is 0 Å². The zero-order valence-electron chi connectivity index (χ0n) is 15.9. The van der Waals surface area contributed by atoms with Crippen LogP contribution < -0.4 is 10.6 Å². The van der Waals surface area contributed by atoms with Gasteiger partial charge in [0.15, 0.2) is 11.7 Å². The van der Waals surface area contributed by atoms with Crippen LogP contribution in [0.1, 0.15) is 56.9 Å². The number of hydrogen-bond acceptors (Lipinski definition) is 4. The summed E-state index contributed by atoms with van der Waals surface area (Å²) in [4.78, 5) is 6.76. The summed E-state index contributed by atoms with van der Waals surface area (Å²) >= 11 is 0. The lowest BCUT2D eigenvalue weighted by molar-refractivity contribution is 0.225. The third-order valence-electron chi connectivity index (χ3n) is 4.95. The van der Waals surface area contributed by atoms with E-state index in [0.717, 1.165) is 62.7 Å². The van der Waals surface area contributed by atoms with Crippen LogP contribution in [0.25, 0.3) is 0 Å². The van der Waals surface area contributed by atoms with Crippen molar-refractivity contribution in [2.24, 2.45) is 4.99 Å². The molecule has 2 N–H and O–H groups in total. The zero-order chi connectivity index (χ0) is 18.1. The molecule has 25 heavy (non-hydrogen) atoms. The first kappa shape index (κ1) is 19.5. The van der Waals surface area contributed by atoms with Crippen molar-refractivity contribution < 1.29 is 4.52 Å². The van der Waals surface area contributed by atoms with Crippen LogP contribution in [-0.2, 0) is 6.54 Å². The Labute approximate surface area is 151 Å². The number of rotatable bonds is 8. The zero-order valence-corrected chi connectivity index (χ0v) is 15.9. The van der Waals surface area contributed by atoms with Crippen molar-refractivity contribution >= 4 is 5.96 Å². The first-order valence-corrected chi connectivity index (χ1v) is 9.46. The second kappa shape index (κ2) is 10.2. The topological polar surface area (TPSA) is 65.7 Å². The molecule has 6 nitrogen and oxygen atoms in total. The molecule has 1 aliphatic heterocycles. The highest BCUT2D eigenvalue weighted by molar-refractivity contribution is 5.79. The molecule has 0 bridgehead atoms. The van der Waals surface area contributed by atoms with E-state index in [1.165, 1.54) is 0 Å². The molecule has 0 amide bonds. The summed E-state index contributed by atoms with van der Waals surface area (Å²) in [6.45, 7) is 12.0. The summed E-state index contributed by atoms with van der Waals surface area (Å²) < 4.78 is 5.46. The van der Waals surface area contributed by atoms with Crippen LogP contribution in [0.2, 0.25) is 0 Å². The Morgan fingerprint density at radius 2 is 2.16 bits per heavy atom. The van der Waals surface area contributed by atoms with Crippen LogP contribution in [0.4, 0.5) is 0 Å². The van der Waals surface area contributed by atoms with Crippen molar-refractivity contribution in [3.63, 3.8) is 0 Å². The minimum absolute atomic E-state index is 0.460. The maximum Gasteiger partial charge on any atom is 0.191 e. The summed E-state index contributed by atoms with van der Waals surface area (Å²) in [7, 11) is 1.80. The standard InChI is InChI=1S/C19H33N5O/c1-5-10-24-11-8-16(9-12-24)22-19(20-4)21-14-17-13-18(23-25-17)15(6-2)7-3/h5,13,15-16H,1,6-12,14H2,2-4H3,(H2,20,21,22). The number of nitrogens with zero attached hydrogens (tertiary/aromatic N) is 3. The number of aromatic nitrogens is 1. The molecule has 0 aromatic carbocycles. The largest absolute Gasteiger partial charge is 0.359 e. The molecule has 0 unspecified atom stereocenters. The van der Waals surface area contributed by atoms with Gasteiger partial charge in [0.05, 0.1) is 12.2 Å². The lowest BCUT2D eigenvalue weighted by Gasteiger charge is -2.32. The molecular weight excluding hydrogens is 314 g/mol. The average molecular weight is 348 g/mol. The number of nitrogens with one attached hydrogen (secondary N) is 2. The average Bonchev–Trinajstić information content (AvgIpc) is 3.10. The van der Waals surface area contributed by atoms with E-state index in [9.17, 15) is 0 Å². The Bertz CT molecular complexity index is 542. The number of guanidine groups is 1. The van der Waals surface area contributed by atoms with Crippen LogP contribution in [0.15, 0.2) is 28.2 Å². The van der Waals surface area contributed by atoms with E-state index in [1.54, 1.807) is 7.05 Å². The molecule has 1 saturated heterocycles. The lowest BCUT2D eigenvalue weighted by Crippen LogP contribution is -2.48. The molecule has 6 heteroatoms. The molecule has 2 rings (SSSR count). The van der Waals surface area contributed by atoms with Gasteiger partial charge in [0.25, 0.3) is 0 Å². The molecule has 0 spiro atoms. The number of piperidine rings is 1. The van der Waals surface area contributed by atoms with E-state index in [4.69, 9.17) is 4.52 Å². The van der Waals surface area contributed by atoms with E-state index < -0.39 is 0 Å². The van der Waals surface area contributed by atoms with Crippen molar-refractivity contribution in [2.75, 3.05) is 26.7 Å². The van der Waals surface area contributed by atoms with Gasteiger partial charge in [-0.2, -0.15) is 0 Å². The summed E-state index contributed by atoms with van der Waals surface area (Å²) in [6.07, 6.45) is 6.39. The highest BCUT2D eigenvalue weighted by atomic mass is 16.5. The van der Waals surface area contributed by atoms with Crippen LogP contribution in [0, 0.1) is 0 Å². The van der Waals surface area contributed by atoms with Gasteiger partial charge < -0.3 is 15.2 Å². The maximum atomic E-state index is 5.46. The van der Waals surface area contributed by atoms with Gasteiger partial charge >= 0.3 is 0 Å². The lowest BCUT2D eigenvalue weighted by atomic mass is 9.99. The van der Waals surface area contributed by atoms with Gasteiger partial charge in [-0.3, -0.25) is 9.89 Å². The Morgan fingerprint density at radius 3 is 2.76 bits per heavy atom. The van der Waals surface area contributed by atoms with Gasteiger partial charge in [0.1, 0.15) is 0 Å². The Kier molecular flexibility index (Phi) is 7.98. The molecule has 1 aliphatic rings. The quantitative estimate of drug-likeness (QED) is 0.430. The normalized spacial score (nSPS) is 17.0. The minimum atomic E-state index is 0.460. The van der Waals surface area contributed by atoms with Crippen LogP contribution in [-0.4, -0.2) is 48.7 Å². The number of hydrogen-bond donors (Lipinski definition) is 2. The minimum Gasteiger partial charge on any atom is -0.359 e. The van der Waals surface area contributed by atoms with E-state index in [1.807, 2.05) is 6.08 Å². The second-order valence-corrected chi connectivity index (χ2v) is 6.67. The van der Waals surface area contributed by atoms with Gasteiger partial charge in [-0.1, -0.05) is 25.1 Å². The summed E-state index contributed by atoms with van der Waals surface area (Å²) in [5, 5.41) is 11.1. The molecule has 1 fully saturated rings. The molecule has 0 radical (unpaired) electrons. The number of aliphatic imine (C=N–C) groups is 1. The van der Waals surface area contributed by atoms with Gasteiger partial charge in [-0.05, 0) is 25.7 Å². The highest BCUT2D eigenvalue weighted by Gasteiger charge is 2.19. The van der Waals surface area contributed by atoms with E-state index in [2.05, 4.69) is 52.2 Å². The molecule has 1 aromatic heterocycles. The summed E-state index contributed by atoms with van der Waals surface area (Å²) in [5.41, 5.74) is 1.05. The van der Waals surface area contributed by atoms with Crippen molar-refractivity contribution in [2.45, 2.75) is 58.0 Å². The monoisotopic (exact) mass is 347 g/mol. The predicted octanol–water partition coefficient (Wildman–Crippen LogP) is 2.89. The molecule has 1 aromatic rings. The number of likely N-dealkylation sites (tertiary alicyclic amines) is 1. The van der Waals surface area contributed by atoms with Gasteiger partial charge in [-0.15, -0.1) is 6.58 Å². The third kappa shape index (κ3) is 5.88. The van der Waals surface area contributed by atoms with Crippen molar-refractivity contribution in [1.29, 1.82) is 0 Å². The fourth-order valence-electron chi connectivity index (χ4n) is 3.31. The van der Waals surface area contributed by atoms with Crippen LogP contribution >= 0.6 is 0 Å². The molecule has 0 atom stereocenters. The second-order valence-electron chi connectivity index (χ2n) is 6.67.